The molecule has 0 spiro atoms. The van der Waals surface area contributed by atoms with Crippen molar-refractivity contribution in [2.75, 3.05) is 6.61 Å². The Morgan fingerprint density at radius 3 is 2.63 bits per heavy atom. The Morgan fingerprint density at radius 1 is 1.19 bits per heavy atom. The summed E-state index contributed by atoms with van der Waals surface area (Å²) in [6.45, 7) is -0.465. The van der Waals surface area contributed by atoms with Gasteiger partial charge in [-0.2, -0.15) is 10.1 Å². The maximum Gasteiger partial charge on any atom is 0.341 e. The van der Waals surface area contributed by atoms with E-state index in [0.29, 0.717) is 20.5 Å². The van der Waals surface area contributed by atoms with Crippen molar-refractivity contribution in [3.63, 3.8) is 0 Å². The zero-order valence-electron chi connectivity index (χ0n) is 13.9. The molecule has 1 fully saturated rings. The molecule has 0 saturated carbocycles. The summed E-state index contributed by atoms with van der Waals surface area (Å²) < 4.78 is 5.58. The standard InChI is InChI=1S/C19H14N2O4S2/c22-17(23)12-25-15-9-5-4-8-14(15)10-16-18(24)21(19(26)27-16)20-11-13-6-2-1-3-7-13/h1-11H,12H2,(H,22,23)/b16-10-,20-11+. The highest BCUT2D eigenvalue weighted by Gasteiger charge is 2.32. The van der Waals surface area contributed by atoms with Crippen molar-refractivity contribution in [2.24, 2.45) is 5.10 Å². The van der Waals surface area contributed by atoms with Gasteiger partial charge in [0.25, 0.3) is 5.91 Å². The van der Waals surface area contributed by atoms with E-state index in [9.17, 15) is 9.59 Å². The summed E-state index contributed by atoms with van der Waals surface area (Å²) in [6.07, 6.45) is 3.19. The highest BCUT2D eigenvalue weighted by atomic mass is 32.2. The Kier molecular flexibility index (Phi) is 6.00. The van der Waals surface area contributed by atoms with Gasteiger partial charge in [-0.05, 0) is 29.9 Å². The van der Waals surface area contributed by atoms with Crippen LogP contribution < -0.4 is 4.74 Å². The van der Waals surface area contributed by atoms with Gasteiger partial charge in [-0.15, -0.1) is 0 Å². The van der Waals surface area contributed by atoms with Crippen molar-refractivity contribution in [1.82, 2.24) is 5.01 Å². The van der Waals surface area contributed by atoms with Gasteiger partial charge in [0, 0.05) is 5.56 Å². The highest BCUT2D eigenvalue weighted by molar-refractivity contribution is 8.26. The molecule has 0 aliphatic carbocycles. The second kappa shape index (κ2) is 8.61. The molecule has 2 aromatic rings. The Bertz CT molecular complexity index is 942. The number of carboxylic acid groups (broad SMARTS) is 1. The molecule has 8 heteroatoms. The third-order valence-corrected chi connectivity index (χ3v) is 4.73. The number of carboxylic acids is 1. The topological polar surface area (TPSA) is 79.2 Å². The number of amides is 1. The van der Waals surface area contributed by atoms with E-state index in [1.54, 1.807) is 36.6 Å². The first-order valence-electron chi connectivity index (χ1n) is 7.85. The second-order valence-corrected chi connectivity index (χ2v) is 7.04. The van der Waals surface area contributed by atoms with Crippen LogP contribution in [-0.2, 0) is 9.59 Å². The monoisotopic (exact) mass is 398 g/mol. The summed E-state index contributed by atoms with van der Waals surface area (Å²) in [4.78, 5) is 23.7. The van der Waals surface area contributed by atoms with E-state index in [1.165, 1.54) is 5.01 Å². The molecule has 6 nitrogen and oxygen atoms in total. The Labute approximate surface area is 165 Å². The molecule has 1 aliphatic rings. The molecule has 136 valence electrons. The summed E-state index contributed by atoms with van der Waals surface area (Å²) in [5, 5.41) is 14.1. The van der Waals surface area contributed by atoms with Crippen molar-refractivity contribution in [3.8, 4) is 5.75 Å². The number of aliphatic carboxylic acids is 1. The van der Waals surface area contributed by atoms with Crippen molar-refractivity contribution >= 4 is 52.5 Å². The number of hydrogen-bond donors (Lipinski definition) is 1. The number of thioether (sulfide) groups is 1. The molecule has 0 unspecified atom stereocenters. The molecule has 1 amide bonds. The van der Waals surface area contributed by atoms with Crippen LogP contribution in [0.15, 0.2) is 64.6 Å². The number of benzene rings is 2. The van der Waals surface area contributed by atoms with Crippen molar-refractivity contribution < 1.29 is 19.4 Å². The normalized spacial score (nSPS) is 15.7. The van der Waals surface area contributed by atoms with Gasteiger partial charge < -0.3 is 9.84 Å². The minimum absolute atomic E-state index is 0.322. The molecule has 0 radical (unpaired) electrons. The van der Waals surface area contributed by atoms with E-state index in [0.717, 1.165) is 17.3 Å². The quantitative estimate of drug-likeness (QED) is 0.457. The fourth-order valence-electron chi connectivity index (χ4n) is 2.23. The number of carbonyl (C=O) groups is 2. The minimum atomic E-state index is -1.08. The predicted molar refractivity (Wildman–Crippen MR) is 109 cm³/mol. The summed E-state index contributed by atoms with van der Waals surface area (Å²) in [6, 6.07) is 16.3. The molecule has 2 aromatic carbocycles. The average molecular weight is 398 g/mol. The number of nitrogens with zero attached hydrogens (tertiary/aromatic N) is 2. The SMILES string of the molecule is O=C(O)COc1ccccc1/C=C1\SC(=S)N(/N=C/c2ccccc2)C1=O. The zero-order chi connectivity index (χ0) is 19.2. The first-order valence-corrected chi connectivity index (χ1v) is 9.07. The van der Waals surface area contributed by atoms with Crippen LogP contribution in [0.2, 0.25) is 0 Å². The van der Waals surface area contributed by atoms with Crippen molar-refractivity contribution in [2.45, 2.75) is 0 Å². The van der Waals surface area contributed by atoms with Crippen LogP contribution >= 0.6 is 24.0 Å². The Hall–Kier alpha value is -2.97. The maximum absolute atomic E-state index is 12.6. The molecule has 1 heterocycles. The summed E-state index contributed by atoms with van der Waals surface area (Å²) in [5.41, 5.74) is 1.44. The molecular weight excluding hydrogens is 384 g/mol. The molecule has 27 heavy (non-hydrogen) atoms. The Balaban J connectivity index is 1.80. The first-order chi connectivity index (χ1) is 13.0. The van der Waals surface area contributed by atoms with Crippen molar-refractivity contribution in [1.29, 1.82) is 0 Å². The fourth-order valence-corrected chi connectivity index (χ4v) is 3.40. The lowest BCUT2D eigenvalue weighted by Gasteiger charge is -2.07. The van der Waals surface area contributed by atoms with E-state index in [4.69, 9.17) is 22.1 Å². The van der Waals surface area contributed by atoms with E-state index >= 15 is 0 Å². The summed E-state index contributed by atoms with van der Waals surface area (Å²) in [7, 11) is 0. The van der Waals surface area contributed by atoms with E-state index in [2.05, 4.69) is 5.10 Å². The lowest BCUT2D eigenvalue weighted by Crippen LogP contribution is -2.22. The number of hydrazone groups is 1. The first kappa shape index (κ1) is 18.8. The lowest BCUT2D eigenvalue weighted by atomic mass is 10.2. The van der Waals surface area contributed by atoms with Gasteiger partial charge in [-0.1, -0.05) is 60.3 Å². The molecule has 1 aliphatic heterocycles. The van der Waals surface area contributed by atoms with Crippen LogP contribution in [0.3, 0.4) is 0 Å². The third-order valence-electron chi connectivity index (χ3n) is 3.45. The molecule has 0 aromatic heterocycles. The van der Waals surface area contributed by atoms with Gasteiger partial charge in [0.2, 0.25) is 0 Å². The van der Waals surface area contributed by atoms with Crippen LogP contribution in [0, 0.1) is 0 Å². The lowest BCUT2D eigenvalue weighted by molar-refractivity contribution is -0.139. The van der Waals surface area contributed by atoms with E-state index < -0.39 is 12.6 Å². The molecule has 0 atom stereocenters. The summed E-state index contributed by atoms with van der Waals surface area (Å²) in [5.74, 6) is -1.05. The largest absolute Gasteiger partial charge is 0.481 e. The molecule has 1 N–H and O–H groups in total. The van der Waals surface area contributed by atoms with Gasteiger partial charge in [0.15, 0.2) is 10.9 Å². The van der Waals surface area contributed by atoms with Gasteiger partial charge in [-0.3, -0.25) is 4.79 Å². The maximum atomic E-state index is 12.6. The molecule has 0 bridgehead atoms. The van der Waals surface area contributed by atoms with Crippen LogP contribution in [0.25, 0.3) is 6.08 Å². The zero-order valence-corrected chi connectivity index (χ0v) is 15.6. The van der Waals surface area contributed by atoms with Gasteiger partial charge in [0.1, 0.15) is 5.75 Å². The average Bonchev–Trinajstić information content (AvgIpc) is 2.93. The number of hydrogen-bond acceptors (Lipinski definition) is 6. The minimum Gasteiger partial charge on any atom is -0.481 e. The van der Waals surface area contributed by atoms with Crippen LogP contribution in [0.4, 0.5) is 0 Å². The van der Waals surface area contributed by atoms with E-state index in [-0.39, 0.29) is 5.91 Å². The van der Waals surface area contributed by atoms with Crippen LogP contribution in [0.5, 0.6) is 5.75 Å². The van der Waals surface area contributed by atoms with E-state index in [1.807, 2.05) is 30.3 Å². The van der Waals surface area contributed by atoms with Crippen molar-refractivity contribution in [3.05, 3.63) is 70.6 Å². The fraction of sp³-hybridized carbons (Fsp3) is 0.0526. The Morgan fingerprint density at radius 2 is 1.89 bits per heavy atom. The molecular formula is C19H14N2O4S2. The van der Waals surface area contributed by atoms with Gasteiger partial charge >= 0.3 is 5.97 Å². The van der Waals surface area contributed by atoms with Crippen LogP contribution in [0.1, 0.15) is 11.1 Å². The predicted octanol–water partition coefficient (Wildman–Crippen LogP) is 3.39. The number of thiocarbonyl (C=S) groups is 1. The number of para-hydroxylation sites is 1. The number of ether oxygens (including phenoxy) is 1. The smallest absolute Gasteiger partial charge is 0.341 e. The number of carbonyl (C=O) groups excluding carboxylic acids is 1. The van der Waals surface area contributed by atoms with Gasteiger partial charge in [0.05, 0.1) is 11.1 Å². The second-order valence-electron chi connectivity index (χ2n) is 5.37. The molecule has 3 rings (SSSR count). The summed E-state index contributed by atoms with van der Waals surface area (Å²) >= 11 is 6.38. The highest BCUT2D eigenvalue weighted by Crippen LogP contribution is 2.34. The third kappa shape index (κ3) is 4.81. The number of rotatable bonds is 6. The van der Waals surface area contributed by atoms with Crippen LogP contribution in [-0.4, -0.2) is 39.1 Å². The molecule has 1 saturated heterocycles. The van der Waals surface area contributed by atoms with Gasteiger partial charge in [-0.25, -0.2) is 4.79 Å².